The van der Waals surface area contributed by atoms with E-state index >= 15 is 0 Å². The number of nitrogens with two attached hydrogens (primary N) is 1. The maximum atomic E-state index is 9.03. The van der Waals surface area contributed by atoms with Gasteiger partial charge in [0, 0.05) is 10.8 Å². The molecule has 0 amide bonds. The molecule has 2 atom stereocenters. The zero-order valence-electron chi connectivity index (χ0n) is 7.05. The minimum absolute atomic E-state index is 0.143. The molecule has 1 fully saturated rings. The van der Waals surface area contributed by atoms with E-state index in [0.29, 0.717) is 5.25 Å². The van der Waals surface area contributed by atoms with Crippen LogP contribution in [-0.2, 0) is 0 Å². The fourth-order valence-corrected chi connectivity index (χ4v) is 2.59. The summed E-state index contributed by atoms with van der Waals surface area (Å²) in [4.78, 5) is 0. The summed E-state index contributed by atoms with van der Waals surface area (Å²) in [7, 11) is 0. The third-order valence-electron chi connectivity index (χ3n) is 2.48. The van der Waals surface area contributed by atoms with Crippen LogP contribution in [0.3, 0.4) is 0 Å². The minimum atomic E-state index is -0.272. The van der Waals surface area contributed by atoms with Crippen molar-refractivity contribution in [1.29, 1.82) is 0 Å². The lowest BCUT2D eigenvalue weighted by Crippen LogP contribution is -2.48. The van der Waals surface area contributed by atoms with E-state index in [1.807, 2.05) is 11.8 Å². The number of hydrogen-bond acceptors (Lipinski definition) is 3. The van der Waals surface area contributed by atoms with Crippen molar-refractivity contribution in [3.05, 3.63) is 0 Å². The van der Waals surface area contributed by atoms with Gasteiger partial charge in [0.05, 0.1) is 6.61 Å². The van der Waals surface area contributed by atoms with Crippen LogP contribution in [0.15, 0.2) is 0 Å². The van der Waals surface area contributed by atoms with Crippen LogP contribution in [0.25, 0.3) is 0 Å². The highest BCUT2D eigenvalue weighted by atomic mass is 32.2. The average molecular weight is 175 g/mol. The average Bonchev–Trinajstić information content (AvgIpc) is 2.05. The number of aliphatic hydroxyl groups is 1. The van der Waals surface area contributed by atoms with Crippen molar-refractivity contribution in [3.63, 3.8) is 0 Å². The van der Waals surface area contributed by atoms with Crippen molar-refractivity contribution < 1.29 is 5.11 Å². The fourth-order valence-electron chi connectivity index (χ4n) is 1.68. The lowest BCUT2D eigenvalue weighted by molar-refractivity contribution is 0.159. The molecule has 0 aromatic rings. The molecular formula is C8H17NOS. The van der Waals surface area contributed by atoms with Gasteiger partial charge in [-0.1, -0.05) is 6.42 Å². The van der Waals surface area contributed by atoms with Gasteiger partial charge < -0.3 is 10.8 Å². The van der Waals surface area contributed by atoms with Gasteiger partial charge in [0.1, 0.15) is 0 Å². The van der Waals surface area contributed by atoms with Crippen molar-refractivity contribution in [1.82, 2.24) is 0 Å². The van der Waals surface area contributed by atoms with Crippen LogP contribution < -0.4 is 5.73 Å². The quantitative estimate of drug-likeness (QED) is 0.657. The highest BCUT2D eigenvalue weighted by Crippen LogP contribution is 2.31. The van der Waals surface area contributed by atoms with Crippen LogP contribution in [0.1, 0.15) is 25.7 Å². The molecule has 0 heterocycles. The van der Waals surface area contributed by atoms with Gasteiger partial charge in [0.15, 0.2) is 0 Å². The molecule has 1 aliphatic carbocycles. The molecule has 0 saturated heterocycles. The van der Waals surface area contributed by atoms with Crippen LogP contribution >= 0.6 is 11.8 Å². The first-order valence-electron chi connectivity index (χ1n) is 4.13. The Morgan fingerprint density at radius 2 is 2.45 bits per heavy atom. The van der Waals surface area contributed by atoms with Gasteiger partial charge >= 0.3 is 0 Å². The maximum absolute atomic E-state index is 9.03. The molecule has 0 aromatic heterocycles. The lowest BCUT2D eigenvalue weighted by atomic mass is 9.83. The largest absolute Gasteiger partial charge is 0.394 e. The minimum Gasteiger partial charge on any atom is -0.394 e. The molecule has 0 aliphatic heterocycles. The van der Waals surface area contributed by atoms with Crippen LogP contribution in [0.4, 0.5) is 0 Å². The Hall–Kier alpha value is 0.270. The molecule has 2 unspecified atom stereocenters. The summed E-state index contributed by atoms with van der Waals surface area (Å²) in [6.07, 6.45) is 6.52. The van der Waals surface area contributed by atoms with Crippen molar-refractivity contribution in [2.24, 2.45) is 5.73 Å². The highest BCUT2D eigenvalue weighted by Gasteiger charge is 2.31. The van der Waals surface area contributed by atoms with E-state index in [1.165, 1.54) is 12.8 Å². The van der Waals surface area contributed by atoms with Crippen molar-refractivity contribution in [2.45, 2.75) is 36.5 Å². The van der Waals surface area contributed by atoms with Gasteiger partial charge in [0.25, 0.3) is 0 Å². The highest BCUT2D eigenvalue weighted by molar-refractivity contribution is 7.99. The smallest absolute Gasteiger partial charge is 0.0611 e. The van der Waals surface area contributed by atoms with Gasteiger partial charge in [-0.25, -0.2) is 0 Å². The molecule has 1 saturated carbocycles. The molecule has 0 radical (unpaired) electrons. The number of aliphatic hydroxyl groups excluding tert-OH is 1. The third kappa shape index (κ3) is 2.36. The molecule has 11 heavy (non-hydrogen) atoms. The zero-order chi connectivity index (χ0) is 8.32. The molecule has 1 aliphatic rings. The first-order chi connectivity index (χ1) is 5.20. The second-order valence-electron chi connectivity index (χ2n) is 3.47. The fraction of sp³-hybridized carbons (Fsp3) is 1.00. The third-order valence-corrected chi connectivity index (χ3v) is 3.55. The van der Waals surface area contributed by atoms with E-state index in [9.17, 15) is 0 Å². The Kier molecular flexibility index (Phi) is 3.22. The van der Waals surface area contributed by atoms with Gasteiger partial charge in [0.2, 0.25) is 0 Å². The van der Waals surface area contributed by atoms with Crippen LogP contribution in [-0.4, -0.2) is 28.8 Å². The molecule has 1 rings (SSSR count). The Bertz CT molecular complexity index is 131. The lowest BCUT2D eigenvalue weighted by Gasteiger charge is -2.35. The molecule has 66 valence electrons. The van der Waals surface area contributed by atoms with E-state index in [0.717, 1.165) is 12.8 Å². The molecule has 0 aromatic carbocycles. The topological polar surface area (TPSA) is 46.2 Å². The van der Waals surface area contributed by atoms with E-state index in [4.69, 9.17) is 10.8 Å². The summed E-state index contributed by atoms with van der Waals surface area (Å²) in [6, 6.07) is 0. The summed E-state index contributed by atoms with van der Waals surface area (Å²) in [5.74, 6) is 0. The molecule has 3 heteroatoms. The summed E-state index contributed by atoms with van der Waals surface area (Å²) < 4.78 is 0. The van der Waals surface area contributed by atoms with E-state index in [1.54, 1.807) is 0 Å². The Morgan fingerprint density at radius 3 is 3.00 bits per heavy atom. The Labute approximate surface area is 72.5 Å². The molecular weight excluding hydrogens is 158 g/mol. The summed E-state index contributed by atoms with van der Waals surface area (Å²) in [5.41, 5.74) is 5.69. The van der Waals surface area contributed by atoms with E-state index < -0.39 is 0 Å². The second-order valence-corrected chi connectivity index (χ2v) is 4.61. The summed E-state index contributed by atoms with van der Waals surface area (Å²) in [5, 5.41) is 9.70. The first-order valence-corrected chi connectivity index (χ1v) is 5.41. The van der Waals surface area contributed by atoms with Gasteiger partial charge in [-0.2, -0.15) is 11.8 Å². The predicted octanol–water partition coefficient (Wildman–Crippen LogP) is 0.982. The first kappa shape index (κ1) is 9.36. The number of hydrogen-bond donors (Lipinski definition) is 2. The predicted molar refractivity (Wildman–Crippen MR) is 49.8 cm³/mol. The molecule has 0 bridgehead atoms. The maximum Gasteiger partial charge on any atom is 0.0611 e. The number of thioether (sulfide) groups is 1. The van der Waals surface area contributed by atoms with E-state index in [-0.39, 0.29) is 12.1 Å². The van der Waals surface area contributed by atoms with Gasteiger partial charge in [-0.15, -0.1) is 0 Å². The summed E-state index contributed by atoms with van der Waals surface area (Å²) in [6.45, 7) is 0.143. The zero-order valence-corrected chi connectivity index (χ0v) is 7.86. The Morgan fingerprint density at radius 1 is 1.73 bits per heavy atom. The SMILES string of the molecule is CSC1CCCC(N)(CO)C1. The van der Waals surface area contributed by atoms with Crippen molar-refractivity contribution >= 4 is 11.8 Å². The normalized spacial score (nSPS) is 39.0. The van der Waals surface area contributed by atoms with Crippen molar-refractivity contribution in [3.8, 4) is 0 Å². The van der Waals surface area contributed by atoms with Gasteiger partial charge in [-0.3, -0.25) is 0 Å². The Balaban J connectivity index is 2.44. The molecule has 0 spiro atoms. The second kappa shape index (κ2) is 3.78. The monoisotopic (exact) mass is 175 g/mol. The van der Waals surface area contributed by atoms with Crippen LogP contribution in [0.2, 0.25) is 0 Å². The summed E-state index contributed by atoms with van der Waals surface area (Å²) >= 11 is 1.87. The van der Waals surface area contributed by atoms with Crippen LogP contribution in [0, 0.1) is 0 Å². The molecule has 3 N–H and O–H groups in total. The van der Waals surface area contributed by atoms with Crippen LogP contribution in [0.5, 0.6) is 0 Å². The van der Waals surface area contributed by atoms with Gasteiger partial charge in [-0.05, 0) is 25.5 Å². The van der Waals surface area contributed by atoms with E-state index in [2.05, 4.69) is 6.26 Å². The molecule has 2 nitrogen and oxygen atoms in total. The standard InChI is InChI=1S/C8H17NOS/c1-11-7-3-2-4-8(9,5-7)6-10/h7,10H,2-6,9H2,1H3. The van der Waals surface area contributed by atoms with Crippen molar-refractivity contribution in [2.75, 3.05) is 12.9 Å². The number of rotatable bonds is 2.